The Hall–Kier alpha value is -1.19. The van der Waals surface area contributed by atoms with Crippen LogP contribution in [0.1, 0.15) is 0 Å². The van der Waals surface area contributed by atoms with Crippen LogP contribution < -0.4 is 5.32 Å². The van der Waals surface area contributed by atoms with Crippen molar-refractivity contribution in [2.24, 2.45) is 0 Å². The molecular formula is C12H8NS2. The van der Waals surface area contributed by atoms with Crippen LogP contribution >= 0.6 is 24.4 Å². The molecular weight excluding hydrogens is 222 g/mol. The molecule has 73 valence electrons. The van der Waals surface area contributed by atoms with Crippen molar-refractivity contribution < 1.29 is 0 Å². The summed E-state index contributed by atoms with van der Waals surface area (Å²) in [4.78, 5) is 3.35. The predicted octanol–water partition coefficient (Wildman–Crippen LogP) is 4.45. The van der Waals surface area contributed by atoms with E-state index in [2.05, 4.69) is 29.6 Å². The van der Waals surface area contributed by atoms with Gasteiger partial charge in [-0.05, 0) is 24.3 Å². The van der Waals surface area contributed by atoms with Gasteiger partial charge >= 0.3 is 0 Å². The molecule has 0 bridgehead atoms. The Labute approximate surface area is 98.3 Å². The summed E-state index contributed by atoms with van der Waals surface area (Å²) >= 11 is 7.06. The minimum absolute atomic E-state index is 0.884. The van der Waals surface area contributed by atoms with Gasteiger partial charge < -0.3 is 5.32 Å². The number of anilines is 2. The lowest BCUT2D eigenvalue weighted by atomic mass is 10.2. The topological polar surface area (TPSA) is 12.0 Å². The van der Waals surface area contributed by atoms with E-state index < -0.39 is 0 Å². The maximum absolute atomic E-state index is 5.29. The first-order valence-corrected chi connectivity index (χ1v) is 5.91. The summed E-state index contributed by atoms with van der Waals surface area (Å²) in [5.41, 5.74) is 2.21. The quantitative estimate of drug-likeness (QED) is 0.612. The molecule has 1 radical (unpaired) electrons. The Kier molecular flexibility index (Phi) is 2.08. The van der Waals surface area contributed by atoms with E-state index in [0.29, 0.717) is 0 Å². The van der Waals surface area contributed by atoms with Crippen LogP contribution in [0.2, 0.25) is 0 Å². The standard InChI is InChI=1S/C12H8NS2/c14-9-5-3-7-11-12(9)13-8-4-1-2-6-10(8)15-11/h1-7,13H. The number of hydrogen-bond acceptors (Lipinski definition) is 2. The van der Waals surface area contributed by atoms with Gasteiger partial charge in [0.1, 0.15) is 0 Å². The molecule has 2 aromatic rings. The highest BCUT2D eigenvalue weighted by atomic mass is 32.2. The van der Waals surface area contributed by atoms with Gasteiger partial charge in [-0.2, -0.15) is 0 Å². The van der Waals surface area contributed by atoms with Crippen LogP contribution in [0.15, 0.2) is 57.2 Å². The third kappa shape index (κ3) is 1.48. The van der Waals surface area contributed by atoms with Crippen LogP contribution in [-0.4, -0.2) is 0 Å². The van der Waals surface area contributed by atoms with Crippen LogP contribution in [0.3, 0.4) is 0 Å². The highest BCUT2D eigenvalue weighted by molar-refractivity contribution is 7.99. The van der Waals surface area contributed by atoms with Crippen LogP contribution in [0, 0.1) is 0 Å². The van der Waals surface area contributed by atoms with Gasteiger partial charge in [0.2, 0.25) is 0 Å². The SMILES string of the molecule is [S]c1cccc2c1Nc1ccccc1S2. The minimum Gasteiger partial charge on any atom is -0.352 e. The molecule has 3 rings (SSSR count). The third-order valence-corrected chi connectivity index (χ3v) is 3.83. The molecule has 1 aliphatic rings. The molecule has 0 unspecified atom stereocenters. The summed E-state index contributed by atoms with van der Waals surface area (Å²) in [6.45, 7) is 0. The van der Waals surface area contributed by atoms with E-state index in [4.69, 9.17) is 12.6 Å². The van der Waals surface area contributed by atoms with Gasteiger partial charge in [0.15, 0.2) is 0 Å². The van der Waals surface area contributed by atoms with Gasteiger partial charge in [0.05, 0.1) is 16.3 Å². The number of rotatable bonds is 0. The maximum Gasteiger partial charge on any atom is 0.0709 e. The molecule has 2 aromatic carbocycles. The van der Waals surface area contributed by atoms with Gasteiger partial charge in [-0.1, -0.05) is 42.6 Å². The van der Waals surface area contributed by atoms with E-state index in [1.54, 1.807) is 11.8 Å². The van der Waals surface area contributed by atoms with Crippen molar-refractivity contribution in [2.75, 3.05) is 5.32 Å². The number of fused-ring (bicyclic) bond motifs is 2. The number of para-hydroxylation sites is 2. The average Bonchev–Trinajstić information content (AvgIpc) is 2.27. The van der Waals surface area contributed by atoms with Gasteiger partial charge in [-0.15, -0.1) is 0 Å². The molecule has 3 heteroatoms. The van der Waals surface area contributed by atoms with Gasteiger partial charge in [0, 0.05) is 9.79 Å². The molecule has 0 saturated heterocycles. The zero-order valence-electron chi connectivity index (χ0n) is 7.86. The Bertz CT molecular complexity index is 523. The molecule has 0 aliphatic carbocycles. The van der Waals surface area contributed by atoms with E-state index in [1.807, 2.05) is 18.2 Å². The maximum atomic E-state index is 5.29. The highest BCUT2D eigenvalue weighted by Gasteiger charge is 2.16. The predicted molar refractivity (Wildman–Crippen MR) is 66.1 cm³/mol. The van der Waals surface area contributed by atoms with E-state index in [1.165, 1.54) is 9.79 Å². The van der Waals surface area contributed by atoms with Crippen LogP contribution in [0.4, 0.5) is 11.4 Å². The molecule has 0 aromatic heterocycles. The first kappa shape index (κ1) is 9.07. The van der Waals surface area contributed by atoms with E-state index in [-0.39, 0.29) is 0 Å². The Balaban J connectivity index is 2.15. The van der Waals surface area contributed by atoms with E-state index in [0.717, 1.165) is 16.3 Å². The van der Waals surface area contributed by atoms with Crippen molar-refractivity contribution in [3.05, 3.63) is 42.5 Å². The van der Waals surface area contributed by atoms with E-state index >= 15 is 0 Å². The van der Waals surface area contributed by atoms with Crippen LogP contribution in [-0.2, 0) is 0 Å². The molecule has 1 heterocycles. The molecule has 1 N–H and O–H groups in total. The van der Waals surface area contributed by atoms with Crippen molar-refractivity contribution in [1.82, 2.24) is 0 Å². The summed E-state index contributed by atoms with van der Waals surface area (Å²) in [7, 11) is 0. The zero-order chi connectivity index (χ0) is 10.3. The fourth-order valence-electron chi connectivity index (χ4n) is 1.63. The molecule has 1 aliphatic heterocycles. The molecule has 0 fully saturated rings. The normalized spacial score (nSPS) is 12.5. The van der Waals surface area contributed by atoms with Crippen molar-refractivity contribution in [3.63, 3.8) is 0 Å². The Morgan fingerprint density at radius 2 is 1.73 bits per heavy atom. The van der Waals surface area contributed by atoms with Crippen molar-refractivity contribution in [3.8, 4) is 0 Å². The molecule has 0 amide bonds. The lowest BCUT2D eigenvalue weighted by molar-refractivity contribution is 1.26. The molecule has 0 atom stereocenters. The smallest absolute Gasteiger partial charge is 0.0709 e. The number of nitrogens with one attached hydrogen (secondary N) is 1. The Morgan fingerprint density at radius 3 is 2.67 bits per heavy atom. The zero-order valence-corrected chi connectivity index (χ0v) is 9.49. The monoisotopic (exact) mass is 230 g/mol. The van der Waals surface area contributed by atoms with Gasteiger partial charge in [0.25, 0.3) is 0 Å². The van der Waals surface area contributed by atoms with Crippen LogP contribution in [0.25, 0.3) is 0 Å². The molecule has 1 nitrogen and oxygen atoms in total. The highest BCUT2D eigenvalue weighted by Crippen LogP contribution is 2.45. The summed E-state index contributed by atoms with van der Waals surface area (Å²) in [6.07, 6.45) is 0. The summed E-state index contributed by atoms with van der Waals surface area (Å²) in [6, 6.07) is 14.3. The first-order valence-electron chi connectivity index (χ1n) is 4.68. The lowest BCUT2D eigenvalue weighted by Crippen LogP contribution is -1.99. The second-order valence-corrected chi connectivity index (χ2v) is 4.88. The number of benzene rings is 2. The largest absolute Gasteiger partial charge is 0.352 e. The minimum atomic E-state index is 0.884. The van der Waals surface area contributed by atoms with Crippen molar-refractivity contribution in [1.29, 1.82) is 0 Å². The van der Waals surface area contributed by atoms with Gasteiger partial charge in [-0.3, -0.25) is 0 Å². The van der Waals surface area contributed by atoms with Crippen molar-refractivity contribution >= 4 is 35.8 Å². The number of hydrogen-bond donors (Lipinski definition) is 1. The third-order valence-electron chi connectivity index (χ3n) is 2.35. The first-order chi connectivity index (χ1) is 7.34. The van der Waals surface area contributed by atoms with E-state index in [9.17, 15) is 0 Å². The van der Waals surface area contributed by atoms with Gasteiger partial charge in [-0.25, -0.2) is 0 Å². The summed E-state index contributed by atoms with van der Waals surface area (Å²) in [5, 5.41) is 3.38. The fraction of sp³-hybridized carbons (Fsp3) is 0. The Morgan fingerprint density at radius 1 is 0.933 bits per heavy atom. The second-order valence-electron chi connectivity index (χ2n) is 3.35. The summed E-state index contributed by atoms with van der Waals surface area (Å²) in [5.74, 6) is 0. The second kappa shape index (κ2) is 3.43. The average molecular weight is 230 g/mol. The molecule has 0 saturated carbocycles. The summed E-state index contributed by atoms with van der Waals surface area (Å²) < 4.78 is 0. The molecule has 15 heavy (non-hydrogen) atoms. The molecule has 0 spiro atoms. The van der Waals surface area contributed by atoms with Crippen molar-refractivity contribution in [2.45, 2.75) is 14.7 Å². The lowest BCUT2D eigenvalue weighted by Gasteiger charge is -2.21. The fourth-order valence-corrected chi connectivity index (χ4v) is 2.96. The van der Waals surface area contributed by atoms with Crippen LogP contribution in [0.5, 0.6) is 0 Å².